The van der Waals surface area contributed by atoms with Crippen LogP contribution in [0.3, 0.4) is 0 Å². The number of benzene rings is 1. The second-order valence-electron chi connectivity index (χ2n) is 6.84. The molecule has 24 heavy (non-hydrogen) atoms. The van der Waals surface area contributed by atoms with Crippen molar-refractivity contribution in [2.45, 2.75) is 38.7 Å². The number of carbonyl (C=O) groups is 1. The van der Waals surface area contributed by atoms with Gasteiger partial charge < -0.3 is 10.0 Å². The van der Waals surface area contributed by atoms with Crippen LogP contribution < -0.4 is 0 Å². The van der Waals surface area contributed by atoms with E-state index < -0.39 is 6.10 Å². The first-order valence-electron chi connectivity index (χ1n) is 8.67. The number of likely N-dealkylation sites (tertiary alicyclic amines) is 1. The van der Waals surface area contributed by atoms with Gasteiger partial charge in [-0.05, 0) is 47.3 Å². The summed E-state index contributed by atoms with van der Waals surface area (Å²) in [4.78, 5) is 15.6. The average molecular weight is 343 g/mol. The van der Waals surface area contributed by atoms with Crippen molar-refractivity contribution in [2.24, 2.45) is 5.92 Å². The van der Waals surface area contributed by atoms with Crippen molar-refractivity contribution in [1.82, 2.24) is 4.90 Å². The first-order chi connectivity index (χ1) is 11.6. The Balaban J connectivity index is 1.63. The SMILES string of the molecule is CC(C)c1ccsc1C(=O)N1CCC(C(O)c2ccccc2)CC1. The summed E-state index contributed by atoms with van der Waals surface area (Å²) in [5.41, 5.74) is 2.12. The molecule has 0 bridgehead atoms. The molecule has 3 nitrogen and oxygen atoms in total. The summed E-state index contributed by atoms with van der Waals surface area (Å²) < 4.78 is 0. The van der Waals surface area contributed by atoms with Crippen LogP contribution in [0.4, 0.5) is 0 Å². The summed E-state index contributed by atoms with van der Waals surface area (Å²) in [6.07, 6.45) is 1.27. The predicted octanol–water partition coefficient (Wildman–Crippen LogP) is 4.46. The Morgan fingerprint density at radius 2 is 1.83 bits per heavy atom. The Labute approximate surface area is 147 Å². The molecule has 3 rings (SSSR count). The van der Waals surface area contributed by atoms with Crippen LogP contribution in [-0.4, -0.2) is 29.0 Å². The number of rotatable bonds is 4. The first kappa shape index (κ1) is 17.2. The van der Waals surface area contributed by atoms with Gasteiger partial charge in [0.05, 0.1) is 11.0 Å². The van der Waals surface area contributed by atoms with Gasteiger partial charge in [0.25, 0.3) is 5.91 Å². The Morgan fingerprint density at radius 3 is 2.46 bits per heavy atom. The maximum atomic E-state index is 12.8. The van der Waals surface area contributed by atoms with Crippen molar-refractivity contribution < 1.29 is 9.90 Å². The standard InChI is InChI=1S/C20H25NO2S/c1-14(2)17-10-13-24-19(17)20(23)21-11-8-16(9-12-21)18(22)15-6-4-3-5-7-15/h3-7,10,13-14,16,18,22H,8-9,11-12H2,1-2H3. The van der Waals surface area contributed by atoms with Crippen LogP contribution in [0.25, 0.3) is 0 Å². The number of aliphatic hydroxyl groups excluding tert-OH is 1. The lowest BCUT2D eigenvalue weighted by Crippen LogP contribution is -2.39. The van der Waals surface area contributed by atoms with Crippen LogP contribution in [-0.2, 0) is 0 Å². The highest BCUT2D eigenvalue weighted by Crippen LogP contribution is 2.32. The number of carbonyl (C=O) groups excluding carboxylic acids is 1. The molecule has 0 spiro atoms. The monoisotopic (exact) mass is 343 g/mol. The molecule has 1 unspecified atom stereocenters. The van der Waals surface area contributed by atoms with E-state index in [9.17, 15) is 9.90 Å². The van der Waals surface area contributed by atoms with Gasteiger partial charge in [0.2, 0.25) is 0 Å². The maximum Gasteiger partial charge on any atom is 0.264 e. The zero-order valence-electron chi connectivity index (χ0n) is 14.3. The highest BCUT2D eigenvalue weighted by molar-refractivity contribution is 7.12. The zero-order chi connectivity index (χ0) is 17.1. The fourth-order valence-corrected chi connectivity index (χ4v) is 4.45. The summed E-state index contributed by atoms with van der Waals surface area (Å²) in [7, 11) is 0. The lowest BCUT2D eigenvalue weighted by atomic mass is 9.87. The Morgan fingerprint density at radius 1 is 1.17 bits per heavy atom. The topological polar surface area (TPSA) is 40.5 Å². The number of hydrogen-bond donors (Lipinski definition) is 1. The van der Waals surface area contributed by atoms with Crippen LogP contribution in [0.5, 0.6) is 0 Å². The van der Waals surface area contributed by atoms with E-state index in [0.717, 1.165) is 41.9 Å². The van der Waals surface area contributed by atoms with Crippen molar-refractivity contribution in [1.29, 1.82) is 0 Å². The maximum absolute atomic E-state index is 12.8. The van der Waals surface area contributed by atoms with Crippen LogP contribution in [0, 0.1) is 5.92 Å². The van der Waals surface area contributed by atoms with Gasteiger partial charge in [-0.3, -0.25) is 4.79 Å². The third kappa shape index (κ3) is 3.55. The summed E-state index contributed by atoms with van der Waals surface area (Å²) in [6.45, 7) is 5.70. The van der Waals surface area contributed by atoms with E-state index >= 15 is 0 Å². The number of hydrogen-bond acceptors (Lipinski definition) is 3. The molecule has 1 aliphatic rings. The molecule has 1 N–H and O–H groups in total. The van der Waals surface area contributed by atoms with Gasteiger partial charge >= 0.3 is 0 Å². The quantitative estimate of drug-likeness (QED) is 0.890. The van der Waals surface area contributed by atoms with E-state index in [-0.39, 0.29) is 11.8 Å². The number of nitrogens with zero attached hydrogens (tertiary/aromatic N) is 1. The molecule has 2 heterocycles. The Hall–Kier alpha value is -1.65. The third-order valence-corrected chi connectivity index (χ3v) is 5.84. The Bertz CT molecular complexity index is 672. The van der Waals surface area contributed by atoms with Crippen molar-refractivity contribution in [3.63, 3.8) is 0 Å². The molecule has 0 radical (unpaired) electrons. The second-order valence-corrected chi connectivity index (χ2v) is 7.76. The van der Waals surface area contributed by atoms with Crippen molar-refractivity contribution in [2.75, 3.05) is 13.1 Å². The highest BCUT2D eigenvalue weighted by Gasteiger charge is 2.30. The lowest BCUT2D eigenvalue weighted by Gasteiger charge is -2.34. The molecule has 1 aromatic carbocycles. The average Bonchev–Trinajstić information content (AvgIpc) is 3.11. The molecule has 1 aliphatic heterocycles. The summed E-state index contributed by atoms with van der Waals surface area (Å²) in [6, 6.07) is 11.9. The van der Waals surface area contributed by atoms with E-state index in [1.54, 1.807) is 11.3 Å². The molecular formula is C20H25NO2S. The summed E-state index contributed by atoms with van der Waals surface area (Å²) in [5, 5.41) is 12.6. The van der Waals surface area contributed by atoms with Crippen molar-refractivity contribution in [3.05, 3.63) is 57.8 Å². The van der Waals surface area contributed by atoms with Gasteiger partial charge in [0.1, 0.15) is 0 Å². The second kappa shape index (κ2) is 7.49. The first-order valence-corrected chi connectivity index (χ1v) is 9.55. The van der Waals surface area contributed by atoms with Crippen molar-refractivity contribution >= 4 is 17.2 Å². The minimum Gasteiger partial charge on any atom is -0.388 e. The Kier molecular flexibility index (Phi) is 5.36. The smallest absolute Gasteiger partial charge is 0.264 e. The minimum atomic E-state index is -0.434. The van der Waals surface area contributed by atoms with Gasteiger partial charge in [-0.1, -0.05) is 44.2 Å². The molecule has 0 aliphatic carbocycles. The van der Waals surface area contributed by atoms with Gasteiger partial charge in [0.15, 0.2) is 0 Å². The molecule has 1 fully saturated rings. The van der Waals surface area contributed by atoms with Gasteiger partial charge in [-0.25, -0.2) is 0 Å². The van der Waals surface area contributed by atoms with E-state index in [2.05, 4.69) is 19.9 Å². The lowest BCUT2D eigenvalue weighted by molar-refractivity contribution is 0.0464. The largest absolute Gasteiger partial charge is 0.388 e. The molecule has 4 heteroatoms. The van der Waals surface area contributed by atoms with Gasteiger partial charge in [-0.2, -0.15) is 0 Å². The predicted molar refractivity (Wildman–Crippen MR) is 98.4 cm³/mol. The van der Waals surface area contributed by atoms with Crippen LogP contribution in [0.15, 0.2) is 41.8 Å². The van der Waals surface area contributed by atoms with Crippen LogP contribution in [0.1, 0.15) is 59.5 Å². The number of thiophene rings is 1. The fraction of sp³-hybridized carbons (Fsp3) is 0.450. The minimum absolute atomic E-state index is 0.154. The summed E-state index contributed by atoms with van der Waals surface area (Å²) >= 11 is 1.54. The number of aliphatic hydroxyl groups is 1. The molecule has 0 saturated carbocycles. The fourth-order valence-electron chi connectivity index (χ4n) is 3.43. The summed E-state index contributed by atoms with van der Waals surface area (Å²) in [5.74, 6) is 0.748. The normalized spacial score (nSPS) is 17.2. The molecule has 1 atom stereocenters. The van der Waals surface area contributed by atoms with Crippen molar-refractivity contribution in [3.8, 4) is 0 Å². The third-order valence-electron chi connectivity index (χ3n) is 4.93. The molecule has 1 aromatic heterocycles. The van der Waals surface area contributed by atoms with E-state index in [0.29, 0.717) is 5.92 Å². The van der Waals surface area contributed by atoms with Gasteiger partial charge in [0, 0.05) is 13.1 Å². The van der Waals surface area contributed by atoms with E-state index in [4.69, 9.17) is 0 Å². The molecule has 2 aromatic rings. The van der Waals surface area contributed by atoms with E-state index in [1.165, 1.54) is 0 Å². The van der Waals surface area contributed by atoms with Crippen LogP contribution in [0.2, 0.25) is 0 Å². The van der Waals surface area contributed by atoms with E-state index in [1.807, 2.05) is 40.6 Å². The zero-order valence-corrected chi connectivity index (χ0v) is 15.1. The molecule has 1 amide bonds. The van der Waals surface area contributed by atoms with Crippen LogP contribution >= 0.6 is 11.3 Å². The highest BCUT2D eigenvalue weighted by atomic mass is 32.1. The molecule has 1 saturated heterocycles. The van der Waals surface area contributed by atoms with Gasteiger partial charge in [-0.15, -0.1) is 11.3 Å². The molecular weight excluding hydrogens is 318 g/mol. The number of amides is 1. The number of piperidine rings is 1. The molecule has 128 valence electrons.